The van der Waals surface area contributed by atoms with E-state index in [2.05, 4.69) is 27.2 Å². The second-order valence-corrected chi connectivity index (χ2v) is 9.49. The third kappa shape index (κ3) is 4.27. The van der Waals surface area contributed by atoms with Crippen molar-refractivity contribution in [2.24, 2.45) is 0 Å². The Morgan fingerprint density at radius 1 is 0.875 bits per heavy atom. The molecule has 1 saturated carbocycles. The molecule has 8 heteroatoms. The van der Waals surface area contributed by atoms with Gasteiger partial charge in [0, 0.05) is 17.1 Å². The number of sulfonamides is 1. The van der Waals surface area contributed by atoms with Crippen LogP contribution in [-0.2, 0) is 10.0 Å². The first-order valence-corrected chi connectivity index (χ1v) is 11.6. The molecule has 0 unspecified atom stereocenters. The lowest BCUT2D eigenvalue weighted by atomic mass is 10.1. The van der Waals surface area contributed by atoms with E-state index in [9.17, 15) is 17.2 Å². The molecule has 3 aromatic carbocycles. The zero-order valence-electron chi connectivity index (χ0n) is 16.8. The lowest BCUT2D eigenvalue weighted by Gasteiger charge is -2.12. The number of benzene rings is 3. The smallest absolute Gasteiger partial charge is 0.262 e. The van der Waals surface area contributed by atoms with Crippen LogP contribution in [0.4, 0.5) is 26.0 Å². The molecule has 162 valence electrons. The SMILES string of the molecule is O=S(=O)(Nc1cccc2nc(Nc3cccc(C4CC4)c3)ccc12)c1cc(F)cc(F)c1. The molecule has 2 N–H and O–H groups in total. The molecular weight excluding hydrogens is 432 g/mol. The van der Waals surface area contributed by atoms with Crippen molar-refractivity contribution in [3.8, 4) is 0 Å². The molecule has 1 fully saturated rings. The van der Waals surface area contributed by atoms with Gasteiger partial charge in [-0.1, -0.05) is 18.2 Å². The number of anilines is 3. The van der Waals surface area contributed by atoms with Crippen molar-refractivity contribution in [1.29, 1.82) is 0 Å². The molecule has 0 aliphatic heterocycles. The standard InChI is InChI=1S/C24H19F2N3O2S/c25-17-12-18(26)14-20(13-17)32(30,31)29-23-6-2-5-22-21(23)9-10-24(28-22)27-19-4-1-3-16(11-19)15-7-8-15/h1-6,9-15,29H,7-8H2,(H,27,28). The Kier molecular flexibility index (Phi) is 5.01. The van der Waals surface area contributed by atoms with Crippen LogP contribution in [0.15, 0.2) is 77.7 Å². The van der Waals surface area contributed by atoms with E-state index in [1.54, 1.807) is 30.3 Å². The first-order chi connectivity index (χ1) is 15.4. The summed E-state index contributed by atoms with van der Waals surface area (Å²) in [6.45, 7) is 0. The van der Waals surface area contributed by atoms with Gasteiger partial charge in [0.05, 0.1) is 16.1 Å². The Balaban J connectivity index is 1.43. The summed E-state index contributed by atoms with van der Waals surface area (Å²) in [5.74, 6) is -0.668. The summed E-state index contributed by atoms with van der Waals surface area (Å²) < 4.78 is 54.7. The third-order valence-electron chi connectivity index (χ3n) is 5.33. The van der Waals surface area contributed by atoms with Crippen LogP contribution >= 0.6 is 0 Å². The van der Waals surface area contributed by atoms with Crippen molar-refractivity contribution < 1.29 is 17.2 Å². The van der Waals surface area contributed by atoms with Gasteiger partial charge in [0.1, 0.15) is 17.5 Å². The van der Waals surface area contributed by atoms with E-state index in [0.717, 1.165) is 17.8 Å². The number of rotatable bonds is 6. The van der Waals surface area contributed by atoms with E-state index >= 15 is 0 Å². The van der Waals surface area contributed by atoms with Crippen LogP contribution in [0.2, 0.25) is 0 Å². The Morgan fingerprint density at radius 3 is 2.38 bits per heavy atom. The van der Waals surface area contributed by atoms with Crippen molar-refractivity contribution in [3.05, 3.63) is 90.0 Å². The largest absolute Gasteiger partial charge is 0.340 e. The highest BCUT2D eigenvalue weighted by molar-refractivity contribution is 7.92. The highest BCUT2D eigenvalue weighted by atomic mass is 32.2. The number of pyridine rings is 1. The maximum atomic E-state index is 13.5. The molecule has 1 aromatic heterocycles. The predicted octanol–water partition coefficient (Wildman–Crippen LogP) is 5.93. The Bertz CT molecular complexity index is 1420. The molecule has 0 atom stereocenters. The van der Waals surface area contributed by atoms with Gasteiger partial charge in [0.15, 0.2) is 0 Å². The van der Waals surface area contributed by atoms with E-state index in [1.807, 2.05) is 12.1 Å². The fourth-order valence-electron chi connectivity index (χ4n) is 3.64. The molecule has 0 radical (unpaired) electrons. The molecule has 1 aliphatic carbocycles. The molecule has 5 nitrogen and oxygen atoms in total. The Labute approximate surface area is 184 Å². The molecule has 4 aromatic rings. The van der Waals surface area contributed by atoms with Gasteiger partial charge in [0.25, 0.3) is 10.0 Å². The van der Waals surface area contributed by atoms with Crippen LogP contribution in [0.25, 0.3) is 10.9 Å². The lowest BCUT2D eigenvalue weighted by molar-refractivity contribution is 0.568. The average Bonchev–Trinajstić information content (AvgIpc) is 3.59. The summed E-state index contributed by atoms with van der Waals surface area (Å²) in [6.07, 6.45) is 2.44. The zero-order chi connectivity index (χ0) is 22.3. The van der Waals surface area contributed by atoms with Crippen molar-refractivity contribution in [2.75, 3.05) is 10.0 Å². The summed E-state index contributed by atoms with van der Waals surface area (Å²) in [5.41, 5.74) is 3.08. The number of fused-ring (bicyclic) bond motifs is 1. The molecule has 0 spiro atoms. The summed E-state index contributed by atoms with van der Waals surface area (Å²) in [4.78, 5) is 4.09. The monoisotopic (exact) mass is 451 g/mol. The summed E-state index contributed by atoms with van der Waals surface area (Å²) in [7, 11) is -4.19. The fourth-order valence-corrected chi connectivity index (χ4v) is 4.76. The number of hydrogen-bond donors (Lipinski definition) is 2. The van der Waals surface area contributed by atoms with Crippen molar-refractivity contribution in [3.63, 3.8) is 0 Å². The fraction of sp³-hybridized carbons (Fsp3) is 0.125. The topological polar surface area (TPSA) is 71.1 Å². The van der Waals surface area contributed by atoms with E-state index in [-0.39, 0.29) is 5.69 Å². The number of aromatic nitrogens is 1. The van der Waals surface area contributed by atoms with Crippen molar-refractivity contribution in [1.82, 2.24) is 4.98 Å². The van der Waals surface area contributed by atoms with Crippen LogP contribution in [0.1, 0.15) is 24.3 Å². The normalized spacial score (nSPS) is 13.8. The van der Waals surface area contributed by atoms with Crippen molar-refractivity contribution >= 4 is 38.1 Å². The van der Waals surface area contributed by atoms with Crippen molar-refractivity contribution in [2.45, 2.75) is 23.7 Å². The Hall–Kier alpha value is -3.52. The van der Waals surface area contributed by atoms with Gasteiger partial charge < -0.3 is 5.32 Å². The van der Waals surface area contributed by atoms with E-state index in [4.69, 9.17) is 0 Å². The van der Waals surface area contributed by atoms with E-state index in [1.165, 1.54) is 18.4 Å². The summed E-state index contributed by atoms with van der Waals surface area (Å²) >= 11 is 0. The van der Waals surface area contributed by atoms with Gasteiger partial charge in [-0.2, -0.15) is 0 Å². The van der Waals surface area contributed by atoms with Gasteiger partial charge in [0.2, 0.25) is 0 Å². The maximum absolute atomic E-state index is 13.5. The first-order valence-electron chi connectivity index (χ1n) is 10.1. The maximum Gasteiger partial charge on any atom is 0.262 e. The molecule has 0 bridgehead atoms. The van der Waals surface area contributed by atoms with Gasteiger partial charge in [-0.15, -0.1) is 0 Å². The molecule has 32 heavy (non-hydrogen) atoms. The second-order valence-electron chi connectivity index (χ2n) is 7.80. The lowest BCUT2D eigenvalue weighted by Crippen LogP contribution is -2.14. The van der Waals surface area contributed by atoms with Crippen LogP contribution in [-0.4, -0.2) is 13.4 Å². The van der Waals surface area contributed by atoms with Crippen LogP contribution in [0.5, 0.6) is 0 Å². The van der Waals surface area contributed by atoms with Gasteiger partial charge in [-0.25, -0.2) is 22.2 Å². The van der Waals surface area contributed by atoms with Gasteiger partial charge in [-0.05, 0) is 72.9 Å². The zero-order valence-corrected chi connectivity index (χ0v) is 17.7. The average molecular weight is 451 g/mol. The van der Waals surface area contributed by atoms with Gasteiger partial charge >= 0.3 is 0 Å². The van der Waals surface area contributed by atoms with E-state index < -0.39 is 26.6 Å². The predicted molar refractivity (Wildman–Crippen MR) is 121 cm³/mol. The quantitative estimate of drug-likeness (QED) is 0.381. The number of hydrogen-bond acceptors (Lipinski definition) is 4. The minimum atomic E-state index is -4.19. The molecule has 1 heterocycles. The molecular formula is C24H19F2N3O2S. The summed E-state index contributed by atoms with van der Waals surface area (Å²) in [6, 6.07) is 18.9. The van der Waals surface area contributed by atoms with Crippen LogP contribution < -0.4 is 10.0 Å². The molecule has 1 aliphatic rings. The number of nitrogens with one attached hydrogen (secondary N) is 2. The third-order valence-corrected chi connectivity index (χ3v) is 6.68. The van der Waals surface area contributed by atoms with Crippen LogP contribution in [0.3, 0.4) is 0 Å². The highest BCUT2D eigenvalue weighted by Gasteiger charge is 2.23. The van der Waals surface area contributed by atoms with Gasteiger partial charge in [-0.3, -0.25) is 4.72 Å². The molecule has 0 saturated heterocycles. The minimum absolute atomic E-state index is 0.266. The second kappa shape index (κ2) is 7.87. The summed E-state index contributed by atoms with van der Waals surface area (Å²) in [5, 5.41) is 3.85. The number of nitrogens with zero attached hydrogens (tertiary/aromatic N) is 1. The number of halogens is 2. The molecule has 5 rings (SSSR count). The minimum Gasteiger partial charge on any atom is -0.340 e. The Morgan fingerprint density at radius 2 is 1.62 bits per heavy atom. The molecule has 0 amide bonds. The van der Waals surface area contributed by atoms with Crippen LogP contribution in [0, 0.1) is 11.6 Å². The van der Waals surface area contributed by atoms with E-state index in [0.29, 0.717) is 28.7 Å². The highest BCUT2D eigenvalue weighted by Crippen LogP contribution is 2.40. The first kappa shape index (κ1) is 20.4.